The highest BCUT2D eigenvalue weighted by Crippen LogP contribution is 2.29. The van der Waals surface area contributed by atoms with Crippen LogP contribution in [0.25, 0.3) is 0 Å². The van der Waals surface area contributed by atoms with Crippen molar-refractivity contribution in [1.82, 2.24) is 14.3 Å². The third-order valence-electron chi connectivity index (χ3n) is 3.46. The lowest BCUT2D eigenvalue weighted by Gasteiger charge is -2.34. The molecule has 1 aliphatic rings. The van der Waals surface area contributed by atoms with Crippen LogP contribution in [0.1, 0.15) is 5.69 Å². The summed E-state index contributed by atoms with van der Waals surface area (Å²) < 4.78 is 27.7. The second kappa shape index (κ2) is 6.52. The number of anilines is 1. The van der Waals surface area contributed by atoms with Gasteiger partial charge in [-0.25, -0.2) is 18.4 Å². The molecule has 1 fully saturated rings. The number of halogens is 1. The van der Waals surface area contributed by atoms with Gasteiger partial charge in [-0.05, 0) is 28.1 Å². The fourth-order valence-corrected chi connectivity index (χ4v) is 5.85. The highest BCUT2D eigenvalue weighted by Gasteiger charge is 2.30. The Morgan fingerprint density at radius 1 is 1.17 bits per heavy atom. The third kappa shape index (κ3) is 3.37. The standard InChI is InChI=1S/C13H12BrN5O2S2/c14-11-1-2-13(22-11)23(20,21)19-5-3-18(4-6-19)12-9-16-10(7-15)8-17-12/h1-2,8-9H,3-6H2. The molecule has 0 N–H and O–H groups in total. The Bertz CT molecular complexity index is 836. The van der Waals surface area contributed by atoms with Crippen molar-refractivity contribution in [2.75, 3.05) is 31.1 Å². The van der Waals surface area contributed by atoms with Gasteiger partial charge in [-0.15, -0.1) is 11.3 Å². The monoisotopic (exact) mass is 413 g/mol. The molecule has 0 radical (unpaired) electrons. The molecular weight excluding hydrogens is 402 g/mol. The largest absolute Gasteiger partial charge is 0.353 e. The summed E-state index contributed by atoms with van der Waals surface area (Å²) in [5, 5.41) is 8.73. The van der Waals surface area contributed by atoms with Gasteiger partial charge in [0.05, 0.1) is 16.2 Å². The van der Waals surface area contributed by atoms with Crippen molar-refractivity contribution < 1.29 is 8.42 Å². The van der Waals surface area contributed by atoms with Gasteiger partial charge < -0.3 is 4.90 Å². The molecule has 0 saturated carbocycles. The van der Waals surface area contributed by atoms with Crippen LogP contribution in [0.15, 0.2) is 32.5 Å². The number of thiophene rings is 1. The van der Waals surface area contributed by atoms with Gasteiger partial charge in [-0.2, -0.15) is 9.57 Å². The van der Waals surface area contributed by atoms with Crippen molar-refractivity contribution in [3.8, 4) is 6.07 Å². The number of sulfonamides is 1. The second-order valence-electron chi connectivity index (χ2n) is 4.82. The Morgan fingerprint density at radius 2 is 1.91 bits per heavy atom. The van der Waals surface area contributed by atoms with Crippen LogP contribution in [-0.2, 0) is 10.0 Å². The molecule has 7 nitrogen and oxygen atoms in total. The average molecular weight is 414 g/mol. The van der Waals surface area contributed by atoms with Gasteiger partial charge in [0.25, 0.3) is 10.0 Å². The Morgan fingerprint density at radius 3 is 2.43 bits per heavy atom. The minimum absolute atomic E-state index is 0.262. The summed E-state index contributed by atoms with van der Waals surface area (Å²) in [6.07, 6.45) is 2.96. The van der Waals surface area contributed by atoms with Crippen LogP contribution in [0.3, 0.4) is 0 Å². The fraction of sp³-hybridized carbons (Fsp3) is 0.308. The molecule has 0 aromatic carbocycles. The first kappa shape index (κ1) is 16.3. The quantitative estimate of drug-likeness (QED) is 0.759. The van der Waals surface area contributed by atoms with E-state index < -0.39 is 10.0 Å². The van der Waals surface area contributed by atoms with E-state index in [9.17, 15) is 8.42 Å². The van der Waals surface area contributed by atoms with E-state index in [2.05, 4.69) is 25.9 Å². The van der Waals surface area contributed by atoms with Crippen molar-refractivity contribution >= 4 is 43.1 Å². The molecule has 1 saturated heterocycles. The zero-order chi connectivity index (χ0) is 16.4. The Balaban J connectivity index is 1.69. The average Bonchev–Trinajstić information content (AvgIpc) is 3.02. The maximum absolute atomic E-state index is 12.6. The predicted octanol–water partition coefficient (Wildman–Crippen LogP) is 1.68. The number of hydrogen-bond acceptors (Lipinski definition) is 7. The van der Waals surface area contributed by atoms with Crippen LogP contribution in [-0.4, -0.2) is 48.9 Å². The zero-order valence-electron chi connectivity index (χ0n) is 11.9. The molecule has 0 spiro atoms. The van der Waals surface area contributed by atoms with E-state index in [0.717, 1.165) is 3.79 Å². The number of nitriles is 1. The summed E-state index contributed by atoms with van der Waals surface area (Å²) in [7, 11) is -3.44. The topological polar surface area (TPSA) is 90.2 Å². The van der Waals surface area contributed by atoms with E-state index in [4.69, 9.17) is 5.26 Å². The number of piperazine rings is 1. The molecule has 3 heterocycles. The first-order valence-corrected chi connectivity index (χ1v) is 9.78. The van der Waals surface area contributed by atoms with E-state index in [1.807, 2.05) is 11.0 Å². The summed E-state index contributed by atoms with van der Waals surface area (Å²) in [6.45, 7) is 1.85. The van der Waals surface area contributed by atoms with E-state index in [-0.39, 0.29) is 5.69 Å². The molecule has 0 amide bonds. The maximum atomic E-state index is 12.6. The van der Waals surface area contributed by atoms with Crippen molar-refractivity contribution in [1.29, 1.82) is 5.26 Å². The molecule has 0 aliphatic carbocycles. The SMILES string of the molecule is N#Cc1cnc(N2CCN(S(=O)(=O)c3ccc(Br)s3)CC2)cn1. The molecule has 0 atom stereocenters. The fourth-order valence-electron chi connectivity index (χ4n) is 2.26. The lowest BCUT2D eigenvalue weighted by atomic mass is 10.3. The Hall–Kier alpha value is -1.54. The predicted molar refractivity (Wildman–Crippen MR) is 89.7 cm³/mol. The van der Waals surface area contributed by atoms with E-state index in [1.54, 1.807) is 18.3 Å². The number of hydrogen-bond donors (Lipinski definition) is 0. The zero-order valence-corrected chi connectivity index (χ0v) is 15.1. The number of rotatable bonds is 3. The molecule has 0 unspecified atom stereocenters. The Labute approximate surface area is 146 Å². The summed E-state index contributed by atoms with van der Waals surface area (Å²) in [4.78, 5) is 10.1. The molecule has 0 bridgehead atoms. The van der Waals surface area contributed by atoms with Gasteiger partial charge in [-0.1, -0.05) is 0 Å². The summed E-state index contributed by atoms with van der Waals surface area (Å²) in [5.41, 5.74) is 0.262. The first-order valence-electron chi connectivity index (χ1n) is 6.73. The van der Waals surface area contributed by atoms with E-state index >= 15 is 0 Å². The molecule has 10 heteroatoms. The van der Waals surface area contributed by atoms with Crippen LogP contribution >= 0.6 is 27.3 Å². The van der Waals surface area contributed by atoms with E-state index in [0.29, 0.717) is 36.2 Å². The second-order valence-corrected chi connectivity index (χ2v) is 9.45. The van der Waals surface area contributed by atoms with Crippen LogP contribution in [0, 0.1) is 11.3 Å². The van der Waals surface area contributed by atoms with Gasteiger partial charge in [0, 0.05) is 26.2 Å². The minimum Gasteiger partial charge on any atom is -0.353 e. The highest BCUT2D eigenvalue weighted by molar-refractivity contribution is 9.11. The summed E-state index contributed by atoms with van der Waals surface area (Å²) in [6, 6.07) is 5.27. The molecule has 2 aromatic rings. The normalized spacial score (nSPS) is 16.3. The number of aromatic nitrogens is 2. The van der Waals surface area contributed by atoms with E-state index in [1.165, 1.54) is 21.8 Å². The van der Waals surface area contributed by atoms with Gasteiger partial charge in [0.15, 0.2) is 5.69 Å². The van der Waals surface area contributed by atoms with Crippen LogP contribution < -0.4 is 4.90 Å². The van der Waals surface area contributed by atoms with Crippen molar-refractivity contribution in [2.24, 2.45) is 0 Å². The first-order chi connectivity index (χ1) is 11.0. The van der Waals surface area contributed by atoms with Crippen LogP contribution in [0.4, 0.5) is 5.82 Å². The Kier molecular flexibility index (Phi) is 4.63. The van der Waals surface area contributed by atoms with Crippen LogP contribution in [0.5, 0.6) is 0 Å². The van der Waals surface area contributed by atoms with Gasteiger partial charge >= 0.3 is 0 Å². The maximum Gasteiger partial charge on any atom is 0.252 e. The third-order valence-corrected chi connectivity index (χ3v) is 7.45. The molecule has 120 valence electrons. The van der Waals surface area contributed by atoms with Crippen molar-refractivity contribution in [3.05, 3.63) is 34.0 Å². The molecule has 3 rings (SSSR count). The lowest BCUT2D eigenvalue weighted by molar-refractivity contribution is 0.384. The molecule has 23 heavy (non-hydrogen) atoms. The minimum atomic E-state index is -3.44. The van der Waals surface area contributed by atoms with Gasteiger partial charge in [-0.3, -0.25) is 0 Å². The summed E-state index contributed by atoms with van der Waals surface area (Å²) >= 11 is 4.50. The van der Waals surface area contributed by atoms with Gasteiger partial charge in [0.2, 0.25) is 0 Å². The van der Waals surface area contributed by atoms with Gasteiger partial charge in [0.1, 0.15) is 16.1 Å². The molecule has 1 aliphatic heterocycles. The highest BCUT2D eigenvalue weighted by atomic mass is 79.9. The van der Waals surface area contributed by atoms with Crippen LogP contribution in [0.2, 0.25) is 0 Å². The smallest absolute Gasteiger partial charge is 0.252 e. The molecular formula is C13H12BrN5O2S2. The molecule has 2 aromatic heterocycles. The van der Waals surface area contributed by atoms with Crippen molar-refractivity contribution in [2.45, 2.75) is 4.21 Å². The number of nitrogens with zero attached hydrogens (tertiary/aromatic N) is 5. The van der Waals surface area contributed by atoms with Crippen molar-refractivity contribution in [3.63, 3.8) is 0 Å². The summed E-state index contributed by atoms with van der Waals surface area (Å²) in [5.74, 6) is 0.653. The lowest BCUT2D eigenvalue weighted by Crippen LogP contribution is -2.48.